The molecule has 2 saturated carbocycles. The topological polar surface area (TPSA) is 62.7 Å². The van der Waals surface area contributed by atoms with Crippen molar-refractivity contribution >= 4 is 11.7 Å². The van der Waals surface area contributed by atoms with Crippen LogP contribution < -0.4 is 0 Å². The van der Waals surface area contributed by atoms with E-state index in [4.69, 9.17) is 4.74 Å². The molecule has 2 aliphatic rings. The summed E-state index contributed by atoms with van der Waals surface area (Å²) >= 11 is 0. The number of nitrogens with zero attached hydrogens (tertiary/aromatic N) is 2. The number of benzene rings is 1. The van der Waals surface area contributed by atoms with Crippen LogP contribution in [-0.4, -0.2) is 16.5 Å². The Balaban J connectivity index is 1.74. The highest BCUT2D eigenvalue weighted by Crippen LogP contribution is 2.51. The van der Waals surface area contributed by atoms with Crippen molar-refractivity contribution in [3.8, 4) is 0 Å². The highest BCUT2D eigenvalue weighted by atomic mass is 16.5. The maximum absolute atomic E-state index is 12.6. The van der Waals surface area contributed by atoms with Crippen LogP contribution in [0, 0.1) is 11.3 Å². The summed E-state index contributed by atoms with van der Waals surface area (Å²) in [5, 5.41) is 0. The van der Waals surface area contributed by atoms with Crippen molar-refractivity contribution in [3.05, 3.63) is 41.4 Å². The van der Waals surface area contributed by atoms with Gasteiger partial charge in [-0.3, -0.25) is 4.79 Å². The number of rotatable bonds is 3. The van der Waals surface area contributed by atoms with Crippen molar-refractivity contribution in [1.29, 1.82) is 0 Å². The third kappa shape index (κ3) is 2.84. The Kier molecular flexibility index (Phi) is 4.39. The molecule has 1 aromatic rings. The summed E-state index contributed by atoms with van der Waals surface area (Å²) < 4.78 is 5.54. The fourth-order valence-electron chi connectivity index (χ4n) is 4.12. The molecule has 0 saturated heterocycles. The second-order valence-electron chi connectivity index (χ2n) is 6.54. The fourth-order valence-corrected chi connectivity index (χ4v) is 4.12. The van der Waals surface area contributed by atoms with Crippen LogP contribution in [0.25, 0.3) is 5.53 Å². The molecule has 3 rings (SSSR count). The standard InChI is InChI=1S/C18H22N2O2/c19-20-15-9-12-18(10-5-2-6-11-18)16(15)17(21)22-13-14-7-3-1-4-8-14/h1,3-4,7-8,16H,2,5-6,9-13H2. The van der Waals surface area contributed by atoms with Gasteiger partial charge in [-0.25, -0.2) is 0 Å². The lowest BCUT2D eigenvalue weighted by atomic mass is 9.67. The van der Waals surface area contributed by atoms with E-state index >= 15 is 0 Å². The Morgan fingerprint density at radius 3 is 2.59 bits per heavy atom. The zero-order valence-corrected chi connectivity index (χ0v) is 12.8. The van der Waals surface area contributed by atoms with Crippen LogP contribution >= 0.6 is 0 Å². The molecular formula is C18H22N2O2. The van der Waals surface area contributed by atoms with Gasteiger partial charge >= 0.3 is 5.97 Å². The monoisotopic (exact) mass is 298 g/mol. The van der Waals surface area contributed by atoms with Gasteiger partial charge in [0.15, 0.2) is 5.92 Å². The lowest BCUT2D eigenvalue weighted by Gasteiger charge is -2.35. The minimum atomic E-state index is -0.360. The molecule has 1 unspecified atom stereocenters. The summed E-state index contributed by atoms with van der Waals surface area (Å²) in [5.74, 6) is -0.586. The quantitative estimate of drug-likeness (QED) is 0.484. The zero-order chi connectivity index (χ0) is 15.4. The number of esters is 1. The highest BCUT2D eigenvalue weighted by Gasteiger charge is 2.55. The Bertz CT molecular complexity index is 584. The Morgan fingerprint density at radius 2 is 1.91 bits per heavy atom. The van der Waals surface area contributed by atoms with Crippen molar-refractivity contribution in [3.63, 3.8) is 0 Å². The molecule has 2 fully saturated rings. The first-order chi connectivity index (χ1) is 10.7. The number of hydrogen-bond acceptors (Lipinski definition) is 2. The molecule has 116 valence electrons. The second-order valence-corrected chi connectivity index (χ2v) is 6.54. The van der Waals surface area contributed by atoms with E-state index in [9.17, 15) is 10.3 Å². The molecule has 0 amide bonds. The maximum atomic E-state index is 12.6. The molecule has 1 spiro atoms. The lowest BCUT2D eigenvalue weighted by Crippen LogP contribution is -2.38. The van der Waals surface area contributed by atoms with E-state index in [0.717, 1.165) is 37.7 Å². The summed E-state index contributed by atoms with van der Waals surface area (Å²) in [5.41, 5.74) is 10.8. The maximum Gasteiger partial charge on any atom is 0.321 e. The van der Waals surface area contributed by atoms with Gasteiger partial charge < -0.3 is 10.3 Å². The highest BCUT2D eigenvalue weighted by molar-refractivity contribution is 6.02. The summed E-state index contributed by atoms with van der Waals surface area (Å²) in [7, 11) is 0. The van der Waals surface area contributed by atoms with Crippen molar-refractivity contribution in [2.75, 3.05) is 0 Å². The SMILES string of the molecule is [N-]=[N+]=C1CCC2(CCCCC2)C1C(=O)OCc1ccccc1. The predicted molar refractivity (Wildman–Crippen MR) is 83.1 cm³/mol. The summed E-state index contributed by atoms with van der Waals surface area (Å²) in [6.07, 6.45) is 7.27. The van der Waals surface area contributed by atoms with Crippen molar-refractivity contribution < 1.29 is 14.3 Å². The van der Waals surface area contributed by atoms with E-state index in [1.165, 1.54) is 6.42 Å². The van der Waals surface area contributed by atoms with Crippen LogP contribution in [0.4, 0.5) is 0 Å². The van der Waals surface area contributed by atoms with Crippen LogP contribution in [0.15, 0.2) is 30.3 Å². The van der Waals surface area contributed by atoms with Crippen LogP contribution in [-0.2, 0) is 16.1 Å². The van der Waals surface area contributed by atoms with Gasteiger partial charge in [0, 0.05) is 6.42 Å². The van der Waals surface area contributed by atoms with Gasteiger partial charge in [0.2, 0.25) is 0 Å². The number of hydrogen-bond donors (Lipinski definition) is 0. The van der Waals surface area contributed by atoms with E-state index in [1.54, 1.807) is 0 Å². The van der Waals surface area contributed by atoms with Crippen molar-refractivity contribution in [2.24, 2.45) is 11.3 Å². The first-order valence-electron chi connectivity index (χ1n) is 8.17. The first-order valence-corrected chi connectivity index (χ1v) is 8.17. The van der Waals surface area contributed by atoms with Gasteiger partial charge in [0.05, 0.1) is 0 Å². The second kappa shape index (κ2) is 6.45. The van der Waals surface area contributed by atoms with Gasteiger partial charge in [0.1, 0.15) is 6.61 Å². The van der Waals surface area contributed by atoms with Crippen molar-refractivity contribution in [2.45, 2.75) is 51.6 Å². The van der Waals surface area contributed by atoms with Crippen LogP contribution in [0.5, 0.6) is 0 Å². The summed E-state index contributed by atoms with van der Waals surface area (Å²) in [6.45, 7) is 0.283. The Morgan fingerprint density at radius 1 is 1.18 bits per heavy atom. The Labute approximate surface area is 131 Å². The molecule has 0 bridgehead atoms. The summed E-state index contributed by atoms with van der Waals surface area (Å²) in [4.78, 5) is 16.1. The summed E-state index contributed by atoms with van der Waals surface area (Å²) in [6, 6.07) is 9.69. The molecular weight excluding hydrogens is 276 g/mol. The van der Waals surface area contributed by atoms with E-state index in [0.29, 0.717) is 12.1 Å². The van der Waals surface area contributed by atoms with Gasteiger partial charge in [0.25, 0.3) is 5.71 Å². The molecule has 0 aromatic heterocycles. The van der Waals surface area contributed by atoms with E-state index in [-0.39, 0.29) is 23.9 Å². The molecule has 4 heteroatoms. The molecule has 0 aliphatic heterocycles. The van der Waals surface area contributed by atoms with Gasteiger partial charge in [-0.05, 0) is 30.2 Å². The fraction of sp³-hybridized carbons (Fsp3) is 0.556. The van der Waals surface area contributed by atoms with Gasteiger partial charge in [-0.2, -0.15) is 4.79 Å². The third-order valence-corrected chi connectivity index (χ3v) is 5.26. The Hall–Kier alpha value is -1.93. The average Bonchev–Trinajstić information content (AvgIpc) is 2.92. The predicted octanol–water partition coefficient (Wildman–Crippen LogP) is 3.76. The molecule has 1 aromatic carbocycles. The van der Waals surface area contributed by atoms with Crippen LogP contribution in [0.1, 0.15) is 50.5 Å². The molecule has 22 heavy (non-hydrogen) atoms. The molecule has 1 atom stereocenters. The molecule has 4 nitrogen and oxygen atoms in total. The normalized spacial score (nSPS) is 23.3. The van der Waals surface area contributed by atoms with Crippen LogP contribution in [0.3, 0.4) is 0 Å². The zero-order valence-electron chi connectivity index (χ0n) is 12.8. The van der Waals surface area contributed by atoms with Crippen molar-refractivity contribution in [1.82, 2.24) is 0 Å². The molecule has 0 heterocycles. The first kappa shape index (κ1) is 15.0. The van der Waals surface area contributed by atoms with E-state index in [2.05, 4.69) is 4.79 Å². The number of carbonyl (C=O) groups is 1. The minimum absolute atomic E-state index is 0.0341. The number of carbonyl (C=O) groups excluding carboxylic acids is 1. The molecule has 0 N–H and O–H groups in total. The average molecular weight is 298 g/mol. The molecule has 0 radical (unpaired) electrons. The van der Waals surface area contributed by atoms with Gasteiger partial charge in [-0.1, -0.05) is 49.6 Å². The van der Waals surface area contributed by atoms with Crippen LogP contribution in [0.2, 0.25) is 0 Å². The smallest absolute Gasteiger partial charge is 0.321 e. The third-order valence-electron chi connectivity index (χ3n) is 5.26. The minimum Gasteiger partial charge on any atom is -0.460 e. The van der Waals surface area contributed by atoms with E-state index < -0.39 is 0 Å². The molecule has 2 aliphatic carbocycles. The van der Waals surface area contributed by atoms with E-state index in [1.807, 2.05) is 30.3 Å². The lowest BCUT2D eigenvalue weighted by molar-refractivity contribution is -0.153. The number of ether oxygens (including phenoxy) is 1. The largest absolute Gasteiger partial charge is 0.460 e. The van der Waals surface area contributed by atoms with Gasteiger partial charge in [-0.15, -0.1) is 0 Å².